The molecule has 0 amide bonds. The molecule has 4 heteroatoms. The number of hydrogen-bond donors (Lipinski definition) is 0. The standard InChI is InChI=1S/C24H30N2O2/c1-4-5-19-14-17(2)22(18(3)15-19)20-6-7-24(16-21(20)27)8-11-26(12-9-24)23-25-10-13-28-23/h14-15,20H,6-13,16H2,1-3H3. The van der Waals surface area contributed by atoms with Crippen LogP contribution in [0.4, 0.5) is 0 Å². The fraction of sp³-hybridized carbons (Fsp3) is 0.583. The monoisotopic (exact) mass is 378 g/mol. The van der Waals surface area contributed by atoms with Gasteiger partial charge in [-0.15, -0.1) is 5.92 Å². The van der Waals surface area contributed by atoms with E-state index in [0.717, 1.165) is 56.9 Å². The number of carbonyl (C=O) groups excluding carboxylic acids is 1. The van der Waals surface area contributed by atoms with Crippen molar-refractivity contribution in [3.63, 3.8) is 0 Å². The zero-order chi connectivity index (χ0) is 19.7. The van der Waals surface area contributed by atoms with Gasteiger partial charge in [-0.3, -0.25) is 4.79 Å². The molecule has 1 saturated carbocycles. The molecule has 28 heavy (non-hydrogen) atoms. The molecule has 1 aliphatic carbocycles. The summed E-state index contributed by atoms with van der Waals surface area (Å²) >= 11 is 0. The first-order valence-electron chi connectivity index (χ1n) is 10.5. The Hall–Kier alpha value is -2.28. The van der Waals surface area contributed by atoms with Crippen LogP contribution in [0.3, 0.4) is 0 Å². The van der Waals surface area contributed by atoms with Crippen LogP contribution in [0.25, 0.3) is 0 Å². The average molecular weight is 379 g/mol. The van der Waals surface area contributed by atoms with Crippen LogP contribution in [0.2, 0.25) is 0 Å². The van der Waals surface area contributed by atoms with Crippen molar-refractivity contribution in [2.75, 3.05) is 26.2 Å². The van der Waals surface area contributed by atoms with E-state index in [1.54, 1.807) is 0 Å². The zero-order valence-corrected chi connectivity index (χ0v) is 17.3. The van der Waals surface area contributed by atoms with Gasteiger partial charge in [0.2, 0.25) is 0 Å². The Morgan fingerprint density at radius 1 is 1.18 bits per heavy atom. The maximum absolute atomic E-state index is 13.2. The highest BCUT2D eigenvalue weighted by Crippen LogP contribution is 2.48. The maximum Gasteiger partial charge on any atom is 0.287 e. The number of benzene rings is 1. The van der Waals surface area contributed by atoms with Gasteiger partial charge >= 0.3 is 0 Å². The Kier molecular flexibility index (Phi) is 5.19. The largest absolute Gasteiger partial charge is 0.463 e. The first-order chi connectivity index (χ1) is 13.5. The van der Waals surface area contributed by atoms with Crippen LogP contribution in [0.1, 0.15) is 67.2 Å². The third-order valence-electron chi connectivity index (χ3n) is 6.78. The molecule has 1 unspecified atom stereocenters. The summed E-state index contributed by atoms with van der Waals surface area (Å²) in [5, 5.41) is 0. The van der Waals surface area contributed by atoms with Crippen LogP contribution in [-0.2, 0) is 9.53 Å². The summed E-state index contributed by atoms with van der Waals surface area (Å²) in [6, 6.07) is 5.09. The predicted molar refractivity (Wildman–Crippen MR) is 112 cm³/mol. The number of nitrogens with zero attached hydrogens (tertiary/aromatic N) is 2. The van der Waals surface area contributed by atoms with E-state index >= 15 is 0 Å². The molecular weight excluding hydrogens is 348 g/mol. The van der Waals surface area contributed by atoms with Gasteiger partial charge in [-0.25, -0.2) is 4.99 Å². The Morgan fingerprint density at radius 3 is 2.46 bits per heavy atom. The van der Waals surface area contributed by atoms with Crippen LogP contribution in [0.15, 0.2) is 17.1 Å². The Balaban J connectivity index is 1.46. The van der Waals surface area contributed by atoms with Gasteiger partial charge in [0.05, 0.1) is 6.54 Å². The smallest absolute Gasteiger partial charge is 0.287 e. The highest BCUT2D eigenvalue weighted by Gasteiger charge is 2.43. The Labute approximate surface area is 168 Å². The molecule has 4 rings (SSSR count). The van der Waals surface area contributed by atoms with E-state index in [1.807, 2.05) is 6.92 Å². The van der Waals surface area contributed by atoms with E-state index in [0.29, 0.717) is 18.8 Å². The number of aliphatic imine (C=N–C) groups is 1. The molecule has 1 atom stereocenters. The lowest BCUT2D eigenvalue weighted by Gasteiger charge is -2.45. The number of amidine groups is 1. The van der Waals surface area contributed by atoms with Crippen LogP contribution in [-0.4, -0.2) is 42.9 Å². The molecule has 0 aromatic heterocycles. The molecule has 2 heterocycles. The molecule has 2 fully saturated rings. The fourth-order valence-corrected chi connectivity index (χ4v) is 5.35. The van der Waals surface area contributed by atoms with Crippen molar-refractivity contribution in [3.05, 3.63) is 34.4 Å². The summed E-state index contributed by atoms with van der Waals surface area (Å²) in [4.78, 5) is 19.9. The van der Waals surface area contributed by atoms with Crippen molar-refractivity contribution >= 4 is 11.8 Å². The van der Waals surface area contributed by atoms with Crippen LogP contribution in [0, 0.1) is 31.1 Å². The molecule has 0 N–H and O–H groups in total. The van der Waals surface area contributed by atoms with E-state index in [1.165, 1.54) is 16.7 Å². The van der Waals surface area contributed by atoms with E-state index in [9.17, 15) is 4.79 Å². The van der Waals surface area contributed by atoms with Crippen LogP contribution >= 0.6 is 0 Å². The van der Waals surface area contributed by atoms with Crippen molar-refractivity contribution in [2.45, 2.75) is 58.8 Å². The van der Waals surface area contributed by atoms with Gasteiger partial charge in [0, 0.05) is 31.0 Å². The Morgan fingerprint density at radius 2 is 1.89 bits per heavy atom. The van der Waals surface area contributed by atoms with E-state index in [-0.39, 0.29) is 11.3 Å². The highest BCUT2D eigenvalue weighted by molar-refractivity contribution is 5.88. The normalized spacial score (nSPS) is 23.8. The molecule has 1 aromatic rings. The van der Waals surface area contributed by atoms with E-state index in [4.69, 9.17) is 4.74 Å². The van der Waals surface area contributed by atoms with Gasteiger partial charge < -0.3 is 9.64 Å². The van der Waals surface area contributed by atoms with Crippen molar-refractivity contribution in [2.24, 2.45) is 10.4 Å². The third-order valence-corrected chi connectivity index (χ3v) is 6.78. The van der Waals surface area contributed by atoms with Gasteiger partial charge in [-0.1, -0.05) is 5.92 Å². The summed E-state index contributed by atoms with van der Waals surface area (Å²) in [6.45, 7) is 9.51. The molecule has 2 aliphatic heterocycles. The molecule has 148 valence electrons. The van der Waals surface area contributed by atoms with Crippen molar-refractivity contribution in [1.82, 2.24) is 4.90 Å². The number of carbonyl (C=O) groups is 1. The SMILES string of the molecule is CC#Cc1cc(C)c(C2CCC3(CCN(C4=NCCO4)CC3)CC2=O)c(C)c1. The second kappa shape index (κ2) is 7.62. The van der Waals surface area contributed by atoms with Gasteiger partial charge in [0.15, 0.2) is 0 Å². The lowest BCUT2D eigenvalue weighted by molar-refractivity contribution is -0.126. The minimum Gasteiger partial charge on any atom is -0.463 e. The molecule has 1 saturated heterocycles. The number of aryl methyl sites for hydroxylation is 2. The topological polar surface area (TPSA) is 41.9 Å². The van der Waals surface area contributed by atoms with E-state index < -0.39 is 0 Å². The minimum absolute atomic E-state index is 0.0508. The van der Waals surface area contributed by atoms with E-state index in [2.05, 4.69) is 47.7 Å². The summed E-state index contributed by atoms with van der Waals surface area (Å²) in [7, 11) is 0. The summed E-state index contributed by atoms with van der Waals surface area (Å²) in [6.07, 6.45) is 4.96. The summed E-state index contributed by atoms with van der Waals surface area (Å²) in [5.74, 6) is 6.59. The number of Topliss-reactive ketones (excluding diaryl/α,β-unsaturated/α-hetero) is 1. The van der Waals surface area contributed by atoms with Gasteiger partial charge in [-0.05, 0) is 80.7 Å². The maximum atomic E-state index is 13.2. The Bertz CT molecular complexity index is 843. The second-order valence-electron chi connectivity index (χ2n) is 8.63. The van der Waals surface area contributed by atoms with Crippen molar-refractivity contribution < 1.29 is 9.53 Å². The lowest BCUT2D eigenvalue weighted by atomic mass is 9.63. The van der Waals surface area contributed by atoms with Crippen LogP contribution in [0.5, 0.6) is 0 Å². The highest BCUT2D eigenvalue weighted by atomic mass is 16.5. The van der Waals surface area contributed by atoms with Gasteiger partial charge in [0.1, 0.15) is 12.4 Å². The average Bonchev–Trinajstić information content (AvgIpc) is 3.19. The number of likely N-dealkylation sites (tertiary alicyclic amines) is 1. The summed E-state index contributed by atoms with van der Waals surface area (Å²) < 4.78 is 5.62. The first kappa shape index (κ1) is 19.1. The molecule has 0 bridgehead atoms. The van der Waals surface area contributed by atoms with Gasteiger partial charge in [0.25, 0.3) is 6.02 Å². The molecule has 1 aromatic carbocycles. The molecule has 4 nitrogen and oxygen atoms in total. The zero-order valence-electron chi connectivity index (χ0n) is 17.3. The van der Waals surface area contributed by atoms with Crippen molar-refractivity contribution in [3.8, 4) is 11.8 Å². The number of piperidine rings is 1. The number of ketones is 1. The quantitative estimate of drug-likeness (QED) is 0.694. The first-order valence-corrected chi connectivity index (χ1v) is 10.5. The van der Waals surface area contributed by atoms with Gasteiger partial charge in [-0.2, -0.15) is 0 Å². The molecule has 1 spiro atoms. The lowest BCUT2D eigenvalue weighted by Crippen LogP contribution is -2.46. The number of ether oxygens (including phenoxy) is 1. The minimum atomic E-state index is 0.0508. The predicted octanol–water partition coefficient (Wildman–Crippen LogP) is 3.98. The number of hydrogen-bond acceptors (Lipinski definition) is 4. The van der Waals surface area contributed by atoms with Crippen molar-refractivity contribution in [1.29, 1.82) is 0 Å². The van der Waals surface area contributed by atoms with Crippen LogP contribution < -0.4 is 0 Å². The molecular formula is C24H30N2O2. The second-order valence-corrected chi connectivity index (χ2v) is 8.63. The molecule has 3 aliphatic rings. The summed E-state index contributed by atoms with van der Waals surface area (Å²) in [5.41, 5.74) is 4.88. The third kappa shape index (κ3) is 3.55. The fourth-order valence-electron chi connectivity index (χ4n) is 5.35. The molecule has 0 radical (unpaired) electrons. The number of rotatable bonds is 1.